The van der Waals surface area contributed by atoms with Gasteiger partial charge in [0.2, 0.25) is 0 Å². The molecule has 0 aromatic carbocycles. The standard InChI is InChI=1S/C11H21N/c1-5-8-10(4)11(9-6-2)12-7-3/h8-9,12H,5-7H2,1-4H3/b10-8-,11-9+. The monoisotopic (exact) mass is 167 g/mol. The summed E-state index contributed by atoms with van der Waals surface area (Å²) in [6.07, 6.45) is 6.70. The van der Waals surface area contributed by atoms with Crippen molar-refractivity contribution in [3.63, 3.8) is 0 Å². The lowest BCUT2D eigenvalue weighted by atomic mass is 10.1. The van der Waals surface area contributed by atoms with Gasteiger partial charge in [-0.25, -0.2) is 0 Å². The molecule has 0 atom stereocenters. The topological polar surface area (TPSA) is 12.0 Å². The molecular formula is C11H21N. The van der Waals surface area contributed by atoms with Gasteiger partial charge in [0.25, 0.3) is 0 Å². The van der Waals surface area contributed by atoms with E-state index in [1.807, 2.05) is 0 Å². The average molecular weight is 167 g/mol. The molecule has 0 aliphatic rings. The molecule has 12 heavy (non-hydrogen) atoms. The van der Waals surface area contributed by atoms with Crippen molar-refractivity contribution in [2.45, 2.75) is 40.5 Å². The van der Waals surface area contributed by atoms with Crippen LogP contribution in [0.25, 0.3) is 0 Å². The summed E-state index contributed by atoms with van der Waals surface area (Å²) in [6, 6.07) is 0. The summed E-state index contributed by atoms with van der Waals surface area (Å²) in [5.74, 6) is 0. The minimum Gasteiger partial charge on any atom is -0.385 e. The molecule has 0 radical (unpaired) electrons. The van der Waals surface area contributed by atoms with E-state index in [4.69, 9.17) is 0 Å². The molecule has 0 aliphatic carbocycles. The van der Waals surface area contributed by atoms with Gasteiger partial charge in [0.05, 0.1) is 0 Å². The molecule has 1 nitrogen and oxygen atoms in total. The molecule has 0 bridgehead atoms. The lowest BCUT2D eigenvalue weighted by Crippen LogP contribution is -2.12. The Hall–Kier alpha value is -0.720. The van der Waals surface area contributed by atoms with Gasteiger partial charge >= 0.3 is 0 Å². The van der Waals surface area contributed by atoms with Gasteiger partial charge in [-0.2, -0.15) is 0 Å². The SMILES string of the molecule is CC/C=C(C)\C(=C/CC)NCC. The third kappa shape index (κ3) is 4.22. The van der Waals surface area contributed by atoms with Crippen LogP contribution in [0.1, 0.15) is 40.5 Å². The van der Waals surface area contributed by atoms with Crippen LogP contribution in [0.2, 0.25) is 0 Å². The Balaban J connectivity index is 4.29. The van der Waals surface area contributed by atoms with Crippen molar-refractivity contribution in [3.05, 3.63) is 23.4 Å². The van der Waals surface area contributed by atoms with Crippen LogP contribution < -0.4 is 5.32 Å². The molecule has 0 aromatic heterocycles. The van der Waals surface area contributed by atoms with Crippen molar-refractivity contribution in [1.29, 1.82) is 0 Å². The average Bonchev–Trinajstić information content (AvgIpc) is 2.04. The molecule has 0 saturated heterocycles. The van der Waals surface area contributed by atoms with E-state index in [0.717, 1.165) is 19.4 Å². The predicted octanol–water partition coefficient (Wildman–Crippen LogP) is 3.25. The maximum absolute atomic E-state index is 3.36. The zero-order valence-electron chi connectivity index (χ0n) is 8.78. The number of hydrogen-bond acceptors (Lipinski definition) is 1. The van der Waals surface area contributed by atoms with Crippen LogP contribution in [0.5, 0.6) is 0 Å². The first-order chi connectivity index (χ1) is 5.76. The van der Waals surface area contributed by atoms with E-state index in [1.54, 1.807) is 0 Å². The molecule has 1 heteroatoms. The van der Waals surface area contributed by atoms with Crippen LogP contribution in [-0.4, -0.2) is 6.54 Å². The van der Waals surface area contributed by atoms with Gasteiger partial charge in [-0.3, -0.25) is 0 Å². The van der Waals surface area contributed by atoms with E-state index in [1.165, 1.54) is 11.3 Å². The van der Waals surface area contributed by atoms with E-state index in [-0.39, 0.29) is 0 Å². The fourth-order valence-electron chi connectivity index (χ4n) is 1.18. The van der Waals surface area contributed by atoms with Crippen LogP contribution in [0.3, 0.4) is 0 Å². The third-order valence-corrected chi connectivity index (χ3v) is 1.71. The summed E-state index contributed by atoms with van der Waals surface area (Å²) in [7, 11) is 0. The van der Waals surface area contributed by atoms with Crippen molar-refractivity contribution in [3.8, 4) is 0 Å². The molecule has 0 rings (SSSR count). The molecular weight excluding hydrogens is 146 g/mol. The number of hydrogen-bond donors (Lipinski definition) is 1. The van der Waals surface area contributed by atoms with Gasteiger partial charge in [-0.1, -0.05) is 26.0 Å². The van der Waals surface area contributed by atoms with Crippen LogP contribution in [0, 0.1) is 0 Å². The summed E-state index contributed by atoms with van der Waals surface area (Å²) in [5.41, 5.74) is 2.66. The maximum Gasteiger partial charge on any atom is 0.0325 e. The molecule has 0 saturated carbocycles. The van der Waals surface area contributed by atoms with Crippen LogP contribution in [0.4, 0.5) is 0 Å². The van der Waals surface area contributed by atoms with Crippen molar-refractivity contribution in [2.75, 3.05) is 6.54 Å². The number of allylic oxidation sites excluding steroid dienone is 3. The summed E-state index contributed by atoms with van der Waals surface area (Å²) in [6.45, 7) is 9.62. The molecule has 0 aromatic rings. The Bertz CT molecular complexity index is 166. The highest BCUT2D eigenvalue weighted by Crippen LogP contribution is 2.07. The lowest BCUT2D eigenvalue weighted by Gasteiger charge is -2.09. The van der Waals surface area contributed by atoms with E-state index >= 15 is 0 Å². The molecule has 0 fully saturated rings. The number of rotatable bonds is 5. The van der Waals surface area contributed by atoms with Gasteiger partial charge in [0, 0.05) is 12.2 Å². The van der Waals surface area contributed by atoms with Crippen LogP contribution >= 0.6 is 0 Å². The highest BCUT2D eigenvalue weighted by atomic mass is 14.9. The van der Waals surface area contributed by atoms with Crippen molar-refractivity contribution in [1.82, 2.24) is 5.32 Å². The van der Waals surface area contributed by atoms with Crippen molar-refractivity contribution >= 4 is 0 Å². The van der Waals surface area contributed by atoms with Gasteiger partial charge in [-0.05, 0) is 32.3 Å². The minimum atomic E-state index is 1.00. The third-order valence-electron chi connectivity index (χ3n) is 1.71. The van der Waals surface area contributed by atoms with Gasteiger partial charge < -0.3 is 5.32 Å². The zero-order chi connectivity index (χ0) is 9.40. The first-order valence-electron chi connectivity index (χ1n) is 4.87. The fraction of sp³-hybridized carbons (Fsp3) is 0.636. The fourth-order valence-corrected chi connectivity index (χ4v) is 1.18. The maximum atomic E-state index is 3.36. The Morgan fingerprint density at radius 3 is 2.08 bits per heavy atom. The lowest BCUT2D eigenvalue weighted by molar-refractivity contribution is 0.850. The molecule has 0 unspecified atom stereocenters. The smallest absolute Gasteiger partial charge is 0.0325 e. The predicted molar refractivity (Wildman–Crippen MR) is 56.1 cm³/mol. The largest absolute Gasteiger partial charge is 0.385 e. The molecule has 0 heterocycles. The van der Waals surface area contributed by atoms with E-state index in [2.05, 4.69) is 45.2 Å². The Morgan fingerprint density at radius 1 is 1.08 bits per heavy atom. The van der Waals surface area contributed by atoms with Gasteiger partial charge in [-0.15, -0.1) is 0 Å². The highest BCUT2D eigenvalue weighted by Gasteiger charge is 1.95. The van der Waals surface area contributed by atoms with Crippen LogP contribution in [-0.2, 0) is 0 Å². The Labute approximate surface area is 76.6 Å². The molecule has 0 aliphatic heterocycles. The van der Waals surface area contributed by atoms with Crippen LogP contribution in [0.15, 0.2) is 23.4 Å². The molecule has 0 amide bonds. The number of nitrogens with one attached hydrogen (secondary N) is 1. The summed E-state index contributed by atoms with van der Waals surface area (Å²) in [5, 5.41) is 3.36. The Morgan fingerprint density at radius 2 is 1.67 bits per heavy atom. The van der Waals surface area contributed by atoms with E-state index in [0.29, 0.717) is 0 Å². The molecule has 1 N–H and O–H groups in total. The van der Waals surface area contributed by atoms with Crippen molar-refractivity contribution < 1.29 is 0 Å². The summed E-state index contributed by atoms with van der Waals surface area (Å²) >= 11 is 0. The second-order valence-corrected chi connectivity index (χ2v) is 2.85. The molecule has 70 valence electrons. The second kappa shape index (κ2) is 6.96. The normalized spacial score (nSPS) is 13.3. The number of likely N-dealkylation sites (N-methyl/N-ethyl adjacent to an activating group) is 1. The quantitative estimate of drug-likeness (QED) is 0.620. The summed E-state index contributed by atoms with van der Waals surface area (Å²) < 4.78 is 0. The first kappa shape index (κ1) is 11.3. The Kier molecular flexibility index (Phi) is 6.54. The van der Waals surface area contributed by atoms with Gasteiger partial charge in [0.15, 0.2) is 0 Å². The molecule has 0 spiro atoms. The zero-order valence-corrected chi connectivity index (χ0v) is 8.78. The highest BCUT2D eigenvalue weighted by molar-refractivity contribution is 5.27. The summed E-state index contributed by atoms with van der Waals surface area (Å²) in [4.78, 5) is 0. The first-order valence-corrected chi connectivity index (χ1v) is 4.87. The van der Waals surface area contributed by atoms with Crippen molar-refractivity contribution in [2.24, 2.45) is 0 Å². The van der Waals surface area contributed by atoms with E-state index in [9.17, 15) is 0 Å². The second-order valence-electron chi connectivity index (χ2n) is 2.85. The van der Waals surface area contributed by atoms with E-state index < -0.39 is 0 Å². The minimum absolute atomic E-state index is 1.00. The van der Waals surface area contributed by atoms with Gasteiger partial charge in [0.1, 0.15) is 0 Å².